The predicted molar refractivity (Wildman–Crippen MR) is 69.9 cm³/mol. The van der Waals surface area contributed by atoms with E-state index in [9.17, 15) is 0 Å². The number of aliphatic hydroxyl groups excluding tert-OH is 1. The average molecular weight is 220 g/mol. The normalized spacial score (nSPS) is 13.8. The van der Waals surface area contributed by atoms with Gasteiger partial charge in [0, 0.05) is 6.61 Å². The van der Waals surface area contributed by atoms with Crippen LogP contribution >= 0.6 is 0 Å². The highest BCUT2D eigenvalue weighted by atomic mass is 16.3. The van der Waals surface area contributed by atoms with Gasteiger partial charge in [0.2, 0.25) is 0 Å². The van der Waals surface area contributed by atoms with Crippen LogP contribution in [0.5, 0.6) is 0 Å². The lowest BCUT2D eigenvalue weighted by atomic mass is 9.85. The van der Waals surface area contributed by atoms with Crippen molar-refractivity contribution in [2.75, 3.05) is 6.61 Å². The fourth-order valence-corrected chi connectivity index (χ4v) is 2.02. The van der Waals surface area contributed by atoms with Crippen molar-refractivity contribution >= 4 is 0 Å². The Morgan fingerprint density at radius 2 is 1.69 bits per heavy atom. The average Bonchev–Trinajstić information content (AvgIpc) is 2.25. The lowest BCUT2D eigenvalue weighted by Gasteiger charge is -2.21. The summed E-state index contributed by atoms with van der Waals surface area (Å²) >= 11 is 0. The molecule has 0 aromatic heterocycles. The topological polar surface area (TPSA) is 20.2 Å². The van der Waals surface area contributed by atoms with Crippen molar-refractivity contribution in [1.82, 2.24) is 0 Å². The van der Waals surface area contributed by atoms with Gasteiger partial charge in [-0.2, -0.15) is 0 Å². The van der Waals surface area contributed by atoms with E-state index in [1.54, 1.807) is 0 Å². The Bertz CT molecular complexity index is 305. The summed E-state index contributed by atoms with van der Waals surface area (Å²) in [6.45, 7) is 9.14. The molecule has 1 rings (SSSR count). The molecule has 0 bridgehead atoms. The van der Waals surface area contributed by atoms with E-state index in [1.165, 1.54) is 11.1 Å². The highest BCUT2D eigenvalue weighted by Gasteiger charge is 2.14. The van der Waals surface area contributed by atoms with Crippen LogP contribution in [0.4, 0.5) is 0 Å². The molecule has 1 N–H and O–H groups in total. The van der Waals surface area contributed by atoms with Gasteiger partial charge in [-0.25, -0.2) is 0 Å². The molecule has 0 aliphatic rings. The van der Waals surface area contributed by atoms with Crippen LogP contribution in [0, 0.1) is 0 Å². The van der Waals surface area contributed by atoms with E-state index in [2.05, 4.69) is 52.0 Å². The van der Waals surface area contributed by atoms with E-state index in [0.717, 1.165) is 12.8 Å². The van der Waals surface area contributed by atoms with Crippen molar-refractivity contribution in [3.63, 3.8) is 0 Å². The number of benzene rings is 1. The first-order valence-electron chi connectivity index (χ1n) is 6.20. The minimum absolute atomic E-state index is 0.219. The Hall–Kier alpha value is -0.820. The van der Waals surface area contributed by atoms with Crippen LogP contribution in [-0.2, 0) is 5.41 Å². The standard InChI is InChI=1S/C15H24O/c1-5-12(10-11-16)13-6-8-14(9-7-13)15(2,3)4/h6-9,12,16H,5,10-11H2,1-4H3. The summed E-state index contributed by atoms with van der Waals surface area (Å²) in [7, 11) is 0. The minimum atomic E-state index is 0.219. The van der Waals surface area contributed by atoms with E-state index >= 15 is 0 Å². The molecule has 1 nitrogen and oxygen atoms in total. The van der Waals surface area contributed by atoms with Crippen molar-refractivity contribution in [3.05, 3.63) is 35.4 Å². The fraction of sp³-hybridized carbons (Fsp3) is 0.600. The first-order chi connectivity index (χ1) is 7.49. The van der Waals surface area contributed by atoms with E-state index < -0.39 is 0 Å². The molecule has 1 unspecified atom stereocenters. The summed E-state index contributed by atoms with van der Waals surface area (Å²) in [6.07, 6.45) is 1.96. The van der Waals surface area contributed by atoms with Gasteiger partial charge in [0.1, 0.15) is 0 Å². The van der Waals surface area contributed by atoms with E-state index in [0.29, 0.717) is 5.92 Å². The summed E-state index contributed by atoms with van der Waals surface area (Å²) in [5, 5.41) is 9.01. The SMILES string of the molecule is CCC(CCO)c1ccc(C(C)(C)C)cc1. The van der Waals surface area contributed by atoms with Gasteiger partial charge in [0.25, 0.3) is 0 Å². The maximum Gasteiger partial charge on any atom is 0.0436 e. The zero-order chi connectivity index (χ0) is 12.2. The minimum Gasteiger partial charge on any atom is -0.396 e. The molecular formula is C15H24O. The second kappa shape index (κ2) is 5.49. The van der Waals surface area contributed by atoms with Gasteiger partial charge in [-0.15, -0.1) is 0 Å². The van der Waals surface area contributed by atoms with Gasteiger partial charge in [-0.1, -0.05) is 52.0 Å². The molecule has 90 valence electrons. The number of rotatable bonds is 4. The maximum absolute atomic E-state index is 9.01. The van der Waals surface area contributed by atoms with Crippen molar-refractivity contribution in [1.29, 1.82) is 0 Å². The molecule has 1 atom stereocenters. The molecule has 0 aliphatic heterocycles. The van der Waals surface area contributed by atoms with Crippen molar-refractivity contribution in [2.45, 2.75) is 51.9 Å². The lowest BCUT2D eigenvalue weighted by Crippen LogP contribution is -2.11. The molecular weight excluding hydrogens is 196 g/mol. The largest absolute Gasteiger partial charge is 0.396 e. The Balaban J connectivity index is 2.85. The fourth-order valence-electron chi connectivity index (χ4n) is 2.02. The molecule has 0 radical (unpaired) electrons. The van der Waals surface area contributed by atoms with Gasteiger partial charge < -0.3 is 5.11 Å². The number of aliphatic hydroxyl groups is 1. The molecule has 0 amide bonds. The Labute approximate surface area is 99.5 Å². The van der Waals surface area contributed by atoms with Crippen LogP contribution in [0.2, 0.25) is 0 Å². The highest BCUT2D eigenvalue weighted by molar-refractivity contribution is 5.29. The Kier molecular flexibility index (Phi) is 4.55. The Morgan fingerprint density at radius 3 is 2.06 bits per heavy atom. The summed E-state index contributed by atoms with van der Waals surface area (Å²) in [5.41, 5.74) is 2.94. The first-order valence-corrected chi connectivity index (χ1v) is 6.20. The molecule has 0 fully saturated rings. The third-order valence-electron chi connectivity index (χ3n) is 3.22. The van der Waals surface area contributed by atoms with Gasteiger partial charge in [-0.3, -0.25) is 0 Å². The van der Waals surface area contributed by atoms with Crippen LogP contribution in [-0.4, -0.2) is 11.7 Å². The Morgan fingerprint density at radius 1 is 1.12 bits per heavy atom. The second-order valence-electron chi connectivity index (χ2n) is 5.49. The first kappa shape index (κ1) is 13.2. The van der Waals surface area contributed by atoms with Crippen molar-refractivity contribution < 1.29 is 5.11 Å². The van der Waals surface area contributed by atoms with Gasteiger partial charge >= 0.3 is 0 Å². The van der Waals surface area contributed by atoms with Gasteiger partial charge in [0.05, 0.1) is 0 Å². The van der Waals surface area contributed by atoms with E-state index in [-0.39, 0.29) is 12.0 Å². The molecule has 0 saturated heterocycles. The van der Waals surface area contributed by atoms with Crippen LogP contribution in [0.3, 0.4) is 0 Å². The molecule has 0 aliphatic carbocycles. The van der Waals surface area contributed by atoms with Crippen LogP contribution in [0.15, 0.2) is 24.3 Å². The zero-order valence-corrected chi connectivity index (χ0v) is 11.0. The van der Waals surface area contributed by atoms with Crippen LogP contribution in [0.1, 0.15) is 57.6 Å². The van der Waals surface area contributed by atoms with Crippen LogP contribution < -0.4 is 0 Å². The third kappa shape index (κ3) is 3.34. The molecule has 0 saturated carbocycles. The number of hydrogen-bond donors (Lipinski definition) is 1. The quantitative estimate of drug-likeness (QED) is 0.817. The highest BCUT2D eigenvalue weighted by Crippen LogP contribution is 2.27. The second-order valence-corrected chi connectivity index (χ2v) is 5.49. The molecule has 1 aromatic rings. The summed E-state index contributed by atoms with van der Waals surface area (Å²) in [4.78, 5) is 0. The van der Waals surface area contributed by atoms with E-state index in [4.69, 9.17) is 5.11 Å². The summed E-state index contributed by atoms with van der Waals surface area (Å²) < 4.78 is 0. The molecule has 1 aromatic carbocycles. The molecule has 0 spiro atoms. The zero-order valence-electron chi connectivity index (χ0n) is 11.0. The van der Waals surface area contributed by atoms with Gasteiger partial charge in [0.15, 0.2) is 0 Å². The molecule has 0 heterocycles. The lowest BCUT2D eigenvalue weighted by molar-refractivity contribution is 0.274. The summed E-state index contributed by atoms with van der Waals surface area (Å²) in [5.74, 6) is 0.499. The van der Waals surface area contributed by atoms with Crippen LogP contribution in [0.25, 0.3) is 0 Å². The molecule has 1 heteroatoms. The van der Waals surface area contributed by atoms with Gasteiger partial charge in [-0.05, 0) is 35.3 Å². The van der Waals surface area contributed by atoms with Crippen molar-refractivity contribution in [2.24, 2.45) is 0 Å². The smallest absolute Gasteiger partial charge is 0.0436 e. The van der Waals surface area contributed by atoms with E-state index in [1.807, 2.05) is 0 Å². The summed E-state index contributed by atoms with van der Waals surface area (Å²) in [6, 6.07) is 8.86. The number of hydrogen-bond acceptors (Lipinski definition) is 1. The molecule has 16 heavy (non-hydrogen) atoms. The maximum atomic E-state index is 9.01. The van der Waals surface area contributed by atoms with Crippen molar-refractivity contribution in [3.8, 4) is 0 Å². The monoisotopic (exact) mass is 220 g/mol. The third-order valence-corrected chi connectivity index (χ3v) is 3.22. The predicted octanol–water partition coefficient (Wildman–Crippen LogP) is 3.86.